The molecule has 0 aliphatic rings. The third-order valence-corrected chi connectivity index (χ3v) is 2.73. The van der Waals surface area contributed by atoms with Gasteiger partial charge in [-0.05, 0) is 35.4 Å². The van der Waals surface area contributed by atoms with Crippen molar-refractivity contribution < 1.29 is 13.9 Å². The molecule has 0 atom stereocenters. The normalized spacial score (nSPS) is 10.0. The van der Waals surface area contributed by atoms with Gasteiger partial charge in [0, 0.05) is 0 Å². The molecule has 2 nitrogen and oxygen atoms in total. The van der Waals surface area contributed by atoms with E-state index in [0.29, 0.717) is 18.1 Å². The topological polar surface area (TPSA) is 18.5 Å². The molecule has 2 aromatic rings. The fraction of sp³-hybridized carbons (Fsp3) is 0.125. The summed E-state index contributed by atoms with van der Waals surface area (Å²) in [5.41, 5.74) is 1.86. The van der Waals surface area contributed by atoms with Crippen molar-refractivity contribution in [1.82, 2.24) is 0 Å². The lowest BCUT2D eigenvalue weighted by molar-refractivity contribution is 0.284. The highest BCUT2D eigenvalue weighted by Crippen LogP contribution is 2.29. The van der Waals surface area contributed by atoms with E-state index in [1.165, 1.54) is 12.1 Å². The molecule has 2 aromatic carbocycles. The molecule has 98 valence electrons. The highest BCUT2D eigenvalue weighted by atomic mass is 19.1. The van der Waals surface area contributed by atoms with Crippen molar-refractivity contribution in [2.24, 2.45) is 0 Å². The van der Waals surface area contributed by atoms with Crippen LogP contribution in [0.2, 0.25) is 0 Å². The van der Waals surface area contributed by atoms with Gasteiger partial charge in [0.2, 0.25) is 0 Å². The van der Waals surface area contributed by atoms with Crippen LogP contribution < -0.4 is 9.47 Å². The lowest BCUT2D eigenvalue weighted by atomic mass is 10.2. The van der Waals surface area contributed by atoms with E-state index in [-0.39, 0.29) is 5.82 Å². The Hall–Kier alpha value is -2.29. The van der Waals surface area contributed by atoms with E-state index >= 15 is 0 Å². The van der Waals surface area contributed by atoms with E-state index in [4.69, 9.17) is 9.47 Å². The maximum absolute atomic E-state index is 12.8. The molecule has 0 saturated heterocycles. The number of rotatable bonds is 5. The summed E-state index contributed by atoms with van der Waals surface area (Å²) in [6.07, 6.45) is 1.74. The summed E-state index contributed by atoms with van der Waals surface area (Å²) in [6.45, 7) is 4.07. The van der Waals surface area contributed by atoms with Crippen LogP contribution in [0.5, 0.6) is 11.5 Å². The molecular weight excluding hydrogens is 243 g/mol. The molecule has 2 rings (SSSR count). The zero-order valence-electron chi connectivity index (χ0n) is 10.7. The monoisotopic (exact) mass is 258 g/mol. The quantitative estimate of drug-likeness (QED) is 0.805. The summed E-state index contributed by atoms with van der Waals surface area (Å²) in [6, 6.07) is 11.8. The first kappa shape index (κ1) is 13.1. The molecular formula is C16H15FO2. The first-order valence-corrected chi connectivity index (χ1v) is 5.90. The van der Waals surface area contributed by atoms with Crippen LogP contribution >= 0.6 is 0 Å². The number of methoxy groups -OCH3 is 1. The molecule has 19 heavy (non-hydrogen) atoms. The Morgan fingerprint density at radius 2 is 1.84 bits per heavy atom. The predicted octanol–water partition coefficient (Wildman–Crippen LogP) is 4.06. The standard InChI is InChI=1S/C16H15FO2/c1-3-12-6-9-15(16(10-12)18-2)19-11-13-4-7-14(17)8-5-13/h3-10H,1,11H2,2H3. The molecule has 0 radical (unpaired) electrons. The maximum atomic E-state index is 12.8. The molecule has 0 aliphatic heterocycles. The lowest BCUT2D eigenvalue weighted by Gasteiger charge is -2.11. The van der Waals surface area contributed by atoms with E-state index in [1.807, 2.05) is 18.2 Å². The van der Waals surface area contributed by atoms with Gasteiger partial charge in [0.15, 0.2) is 11.5 Å². The van der Waals surface area contributed by atoms with Gasteiger partial charge in [0.25, 0.3) is 0 Å². The summed E-state index contributed by atoms with van der Waals surface area (Å²) in [5, 5.41) is 0. The van der Waals surface area contributed by atoms with E-state index < -0.39 is 0 Å². The van der Waals surface area contributed by atoms with E-state index in [0.717, 1.165) is 11.1 Å². The summed E-state index contributed by atoms with van der Waals surface area (Å²) in [5.74, 6) is 1.05. The second-order valence-corrected chi connectivity index (χ2v) is 4.03. The number of hydrogen-bond acceptors (Lipinski definition) is 2. The molecule has 0 heterocycles. The fourth-order valence-electron chi connectivity index (χ4n) is 1.67. The molecule has 0 spiro atoms. The van der Waals surface area contributed by atoms with Crippen LogP contribution in [0.3, 0.4) is 0 Å². The SMILES string of the molecule is C=Cc1ccc(OCc2ccc(F)cc2)c(OC)c1. The Kier molecular flexibility index (Phi) is 4.18. The molecule has 0 aliphatic carbocycles. The Morgan fingerprint density at radius 1 is 1.11 bits per heavy atom. The predicted molar refractivity (Wildman–Crippen MR) is 73.8 cm³/mol. The maximum Gasteiger partial charge on any atom is 0.161 e. The Labute approximate surface area is 112 Å². The van der Waals surface area contributed by atoms with Crippen molar-refractivity contribution in [3.63, 3.8) is 0 Å². The summed E-state index contributed by atoms with van der Waals surface area (Å²) in [7, 11) is 1.59. The van der Waals surface area contributed by atoms with Gasteiger partial charge in [-0.15, -0.1) is 0 Å². The molecule has 0 saturated carbocycles. The zero-order valence-corrected chi connectivity index (χ0v) is 10.7. The minimum Gasteiger partial charge on any atom is -0.493 e. The minimum absolute atomic E-state index is 0.253. The van der Waals surface area contributed by atoms with Crippen LogP contribution in [-0.4, -0.2) is 7.11 Å². The van der Waals surface area contributed by atoms with Crippen LogP contribution in [0, 0.1) is 5.82 Å². The molecule has 0 bridgehead atoms. The molecule has 0 N–H and O–H groups in total. The third-order valence-electron chi connectivity index (χ3n) is 2.73. The van der Waals surface area contributed by atoms with Crippen molar-refractivity contribution in [2.75, 3.05) is 7.11 Å². The van der Waals surface area contributed by atoms with Crippen LogP contribution in [0.15, 0.2) is 49.0 Å². The molecule has 0 aromatic heterocycles. The van der Waals surface area contributed by atoms with Gasteiger partial charge in [0.1, 0.15) is 12.4 Å². The smallest absolute Gasteiger partial charge is 0.161 e. The zero-order chi connectivity index (χ0) is 13.7. The number of benzene rings is 2. The van der Waals surface area contributed by atoms with Crippen LogP contribution in [-0.2, 0) is 6.61 Å². The van der Waals surface area contributed by atoms with Gasteiger partial charge in [-0.2, -0.15) is 0 Å². The van der Waals surface area contributed by atoms with E-state index in [1.54, 1.807) is 25.3 Å². The van der Waals surface area contributed by atoms with Crippen molar-refractivity contribution in [3.8, 4) is 11.5 Å². The third kappa shape index (κ3) is 3.35. The number of ether oxygens (including phenoxy) is 2. The Bertz CT molecular complexity index is 561. The van der Waals surface area contributed by atoms with Crippen molar-refractivity contribution in [2.45, 2.75) is 6.61 Å². The van der Waals surface area contributed by atoms with Crippen molar-refractivity contribution in [3.05, 3.63) is 66.0 Å². The van der Waals surface area contributed by atoms with Gasteiger partial charge in [-0.1, -0.05) is 30.9 Å². The van der Waals surface area contributed by atoms with Crippen LogP contribution in [0.25, 0.3) is 6.08 Å². The highest BCUT2D eigenvalue weighted by Gasteiger charge is 2.05. The van der Waals surface area contributed by atoms with Gasteiger partial charge in [-0.25, -0.2) is 4.39 Å². The van der Waals surface area contributed by atoms with Crippen molar-refractivity contribution >= 4 is 6.08 Å². The summed E-state index contributed by atoms with van der Waals surface area (Å²) >= 11 is 0. The summed E-state index contributed by atoms with van der Waals surface area (Å²) < 4.78 is 23.7. The van der Waals surface area contributed by atoms with E-state index in [2.05, 4.69) is 6.58 Å². The molecule has 0 unspecified atom stereocenters. The Morgan fingerprint density at radius 3 is 2.47 bits per heavy atom. The lowest BCUT2D eigenvalue weighted by Crippen LogP contribution is -1.98. The van der Waals surface area contributed by atoms with Crippen LogP contribution in [0.1, 0.15) is 11.1 Å². The molecule has 0 fully saturated rings. The van der Waals surface area contributed by atoms with Gasteiger partial charge < -0.3 is 9.47 Å². The second-order valence-electron chi connectivity index (χ2n) is 4.03. The van der Waals surface area contributed by atoms with E-state index in [9.17, 15) is 4.39 Å². The minimum atomic E-state index is -0.253. The first-order chi connectivity index (χ1) is 9.22. The van der Waals surface area contributed by atoms with Gasteiger partial charge >= 0.3 is 0 Å². The Balaban J connectivity index is 2.10. The molecule has 3 heteroatoms. The van der Waals surface area contributed by atoms with Crippen molar-refractivity contribution in [1.29, 1.82) is 0 Å². The fourth-order valence-corrected chi connectivity index (χ4v) is 1.67. The highest BCUT2D eigenvalue weighted by molar-refractivity contribution is 5.54. The van der Waals surface area contributed by atoms with Gasteiger partial charge in [-0.3, -0.25) is 0 Å². The average Bonchev–Trinajstić information content (AvgIpc) is 2.46. The average molecular weight is 258 g/mol. The number of hydrogen-bond donors (Lipinski definition) is 0. The molecule has 0 amide bonds. The second kappa shape index (κ2) is 6.05. The first-order valence-electron chi connectivity index (χ1n) is 5.90. The van der Waals surface area contributed by atoms with Crippen LogP contribution in [0.4, 0.5) is 4.39 Å². The number of halogens is 1. The summed E-state index contributed by atoms with van der Waals surface area (Å²) in [4.78, 5) is 0. The van der Waals surface area contributed by atoms with Gasteiger partial charge in [0.05, 0.1) is 7.11 Å². The largest absolute Gasteiger partial charge is 0.493 e.